The molecule has 0 unspecified atom stereocenters. The highest BCUT2D eigenvalue weighted by Gasteiger charge is 2.51. The number of carbonyl (C=O) groups excluding carboxylic acids is 1. The molecule has 0 spiro atoms. The van der Waals surface area contributed by atoms with Crippen LogP contribution < -0.4 is 15.5 Å². The molecule has 1 amide bonds. The lowest BCUT2D eigenvalue weighted by molar-refractivity contribution is 0.00578. The van der Waals surface area contributed by atoms with Gasteiger partial charge in [-0.1, -0.05) is 6.07 Å². The Morgan fingerprint density at radius 1 is 1.20 bits per heavy atom. The lowest BCUT2D eigenvalue weighted by Gasteiger charge is -2.32. The van der Waals surface area contributed by atoms with Gasteiger partial charge in [0.1, 0.15) is 11.9 Å². The van der Waals surface area contributed by atoms with Gasteiger partial charge in [-0.3, -0.25) is 5.32 Å². The van der Waals surface area contributed by atoms with Crippen LogP contribution in [0.2, 0.25) is 0 Å². The molecule has 1 aromatic carbocycles. The van der Waals surface area contributed by atoms with E-state index in [-0.39, 0.29) is 6.10 Å². The maximum absolute atomic E-state index is 12.0. The van der Waals surface area contributed by atoms with Crippen LogP contribution in [-0.2, 0) is 14.0 Å². The number of amides is 1. The summed E-state index contributed by atoms with van der Waals surface area (Å²) >= 11 is 0. The molecule has 1 aromatic rings. The molecule has 2 aliphatic rings. The van der Waals surface area contributed by atoms with Crippen LogP contribution in [-0.4, -0.2) is 37.6 Å². The molecule has 7 heteroatoms. The first kappa shape index (κ1) is 18.1. The van der Waals surface area contributed by atoms with E-state index in [2.05, 4.69) is 5.32 Å². The second-order valence-electron chi connectivity index (χ2n) is 7.63. The Kier molecular flexibility index (Phi) is 4.73. The molecule has 1 heterocycles. The van der Waals surface area contributed by atoms with Crippen LogP contribution >= 0.6 is 0 Å². The molecule has 0 radical (unpaired) electrons. The Bertz CT molecular complexity index is 641. The zero-order valence-corrected chi connectivity index (χ0v) is 15.5. The summed E-state index contributed by atoms with van der Waals surface area (Å²) in [6.45, 7) is 8.04. The van der Waals surface area contributed by atoms with Crippen molar-refractivity contribution in [2.45, 2.75) is 64.3 Å². The summed E-state index contributed by atoms with van der Waals surface area (Å²) in [6, 6.07) is 5.46. The Hall–Kier alpha value is -1.73. The fraction of sp³-hybridized carbons (Fsp3) is 0.611. The Morgan fingerprint density at radius 2 is 1.84 bits per heavy atom. The van der Waals surface area contributed by atoms with Crippen LogP contribution in [0.5, 0.6) is 5.75 Å². The molecular formula is C18H26BNO5. The molecule has 136 valence electrons. The molecule has 0 bridgehead atoms. The molecule has 1 saturated heterocycles. The molecule has 6 nitrogen and oxygen atoms in total. The Labute approximate surface area is 149 Å². The summed E-state index contributed by atoms with van der Waals surface area (Å²) in [7, 11) is 1.08. The summed E-state index contributed by atoms with van der Waals surface area (Å²) in [5.74, 6) is 0.540. The minimum absolute atomic E-state index is 0.0371. The first-order chi connectivity index (χ1) is 11.7. The van der Waals surface area contributed by atoms with Crippen molar-refractivity contribution in [3.05, 3.63) is 18.2 Å². The van der Waals surface area contributed by atoms with Gasteiger partial charge in [0.05, 0.1) is 24.0 Å². The van der Waals surface area contributed by atoms with Gasteiger partial charge in [0.2, 0.25) is 0 Å². The number of carbonyl (C=O) groups is 1. The summed E-state index contributed by atoms with van der Waals surface area (Å²) in [4.78, 5) is 12.0. The van der Waals surface area contributed by atoms with Crippen molar-refractivity contribution in [1.29, 1.82) is 0 Å². The average molecular weight is 347 g/mol. The summed E-state index contributed by atoms with van der Waals surface area (Å²) in [5, 5.41) is 2.74. The lowest BCUT2D eigenvalue weighted by atomic mass is 9.79. The van der Waals surface area contributed by atoms with Crippen LogP contribution in [0.3, 0.4) is 0 Å². The van der Waals surface area contributed by atoms with Gasteiger partial charge in [-0.25, -0.2) is 4.79 Å². The van der Waals surface area contributed by atoms with Crippen molar-refractivity contribution < 1.29 is 23.6 Å². The van der Waals surface area contributed by atoms with Crippen molar-refractivity contribution in [2.75, 3.05) is 12.4 Å². The number of hydrogen-bond donors (Lipinski definition) is 1. The van der Waals surface area contributed by atoms with Crippen molar-refractivity contribution in [3.8, 4) is 5.75 Å². The molecule has 0 aromatic heterocycles. The standard InChI is InChI=1S/C18H26BNO5/c1-17(2)18(3,4)25-19(24-17)12-9-10-14(15(11-12)22-5)20-16(21)23-13-7-6-8-13/h9-11,13H,6-8H2,1-5H3,(H,20,21). The van der Waals surface area contributed by atoms with Crippen molar-refractivity contribution in [3.63, 3.8) is 0 Å². The summed E-state index contributed by atoms with van der Waals surface area (Å²) in [6.07, 6.45) is 2.57. The predicted octanol–water partition coefficient (Wildman–Crippen LogP) is 3.10. The SMILES string of the molecule is COc1cc(B2OC(C)(C)C(C)(C)O2)ccc1NC(=O)OC1CCC1. The molecule has 2 fully saturated rings. The van der Waals surface area contributed by atoms with Gasteiger partial charge in [0.25, 0.3) is 0 Å². The van der Waals surface area contributed by atoms with Gasteiger partial charge in [0.15, 0.2) is 0 Å². The minimum Gasteiger partial charge on any atom is -0.495 e. The molecule has 1 N–H and O–H groups in total. The highest BCUT2D eigenvalue weighted by molar-refractivity contribution is 6.62. The second-order valence-corrected chi connectivity index (χ2v) is 7.63. The second kappa shape index (κ2) is 6.54. The van der Waals surface area contributed by atoms with Gasteiger partial charge in [-0.05, 0) is 64.6 Å². The fourth-order valence-corrected chi connectivity index (χ4v) is 2.72. The molecule has 1 aliphatic heterocycles. The normalized spacial score (nSPS) is 21.6. The largest absolute Gasteiger partial charge is 0.495 e. The summed E-state index contributed by atoms with van der Waals surface area (Å²) in [5.41, 5.74) is 0.587. The third-order valence-electron chi connectivity index (χ3n) is 5.31. The first-order valence-corrected chi connectivity index (χ1v) is 8.73. The molecule has 3 rings (SSSR count). The third-order valence-corrected chi connectivity index (χ3v) is 5.31. The molecule has 1 saturated carbocycles. The predicted molar refractivity (Wildman–Crippen MR) is 96.5 cm³/mol. The molecule has 1 aliphatic carbocycles. The zero-order valence-electron chi connectivity index (χ0n) is 15.5. The van der Waals surface area contributed by atoms with E-state index < -0.39 is 24.4 Å². The van der Waals surface area contributed by atoms with Crippen molar-refractivity contribution in [2.24, 2.45) is 0 Å². The van der Waals surface area contributed by atoms with Gasteiger partial charge in [-0.2, -0.15) is 0 Å². The van der Waals surface area contributed by atoms with E-state index in [1.807, 2.05) is 39.8 Å². The van der Waals surface area contributed by atoms with Gasteiger partial charge < -0.3 is 18.8 Å². The Morgan fingerprint density at radius 3 is 2.36 bits per heavy atom. The minimum atomic E-state index is -0.477. The smallest absolute Gasteiger partial charge is 0.494 e. The number of methoxy groups -OCH3 is 1. The van der Waals surface area contributed by atoms with E-state index in [1.165, 1.54) is 0 Å². The number of ether oxygens (including phenoxy) is 2. The highest BCUT2D eigenvalue weighted by atomic mass is 16.7. The third kappa shape index (κ3) is 3.62. The fourth-order valence-electron chi connectivity index (χ4n) is 2.72. The maximum atomic E-state index is 12.0. The van der Waals surface area contributed by atoms with E-state index in [1.54, 1.807) is 13.2 Å². The number of benzene rings is 1. The van der Waals surface area contributed by atoms with Crippen LogP contribution in [0.1, 0.15) is 47.0 Å². The lowest BCUT2D eigenvalue weighted by Crippen LogP contribution is -2.41. The van der Waals surface area contributed by atoms with E-state index in [9.17, 15) is 4.79 Å². The van der Waals surface area contributed by atoms with E-state index >= 15 is 0 Å². The highest BCUT2D eigenvalue weighted by Crippen LogP contribution is 2.37. The van der Waals surface area contributed by atoms with E-state index in [0.717, 1.165) is 24.7 Å². The molecule has 25 heavy (non-hydrogen) atoms. The maximum Gasteiger partial charge on any atom is 0.494 e. The zero-order chi connectivity index (χ0) is 18.2. The van der Waals surface area contributed by atoms with Crippen molar-refractivity contribution >= 4 is 24.4 Å². The first-order valence-electron chi connectivity index (χ1n) is 8.73. The van der Waals surface area contributed by atoms with Gasteiger partial charge >= 0.3 is 13.2 Å². The monoisotopic (exact) mass is 347 g/mol. The van der Waals surface area contributed by atoms with Crippen LogP contribution in [0.4, 0.5) is 10.5 Å². The Balaban J connectivity index is 1.72. The number of hydrogen-bond acceptors (Lipinski definition) is 5. The molecule has 0 atom stereocenters. The summed E-state index contributed by atoms with van der Waals surface area (Å²) < 4.78 is 22.8. The van der Waals surface area contributed by atoms with Crippen LogP contribution in [0.25, 0.3) is 0 Å². The van der Waals surface area contributed by atoms with Crippen molar-refractivity contribution in [1.82, 2.24) is 0 Å². The average Bonchev–Trinajstić information content (AvgIpc) is 2.72. The van der Waals surface area contributed by atoms with Crippen LogP contribution in [0.15, 0.2) is 18.2 Å². The van der Waals surface area contributed by atoms with Gasteiger partial charge in [0, 0.05) is 0 Å². The topological polar surface area (TPSA) is 66.0 Å². The molecular weight excluding hydrogens is 321 g/mol. The number of anilines is 1. The van der Waals surface area contributed by atoms with E-state index in [0.29, 0.717) is 11.4 Å². The number of rotatable bonds is 4. The van der Waals surface area contributed by atoms with E-state index in [4.69, 9.17) is 18.8 Å². The number of nitrogens with one attached hydrogen (secondary N) is 1. The van der Waals surface area contributed by atoms with Gasteiger partial charge in [-0.15, -0.1) is 0 Å². The quantitative estimate of drug-likeness (QED) is 0.848. The van der Waals surface area contributed by atoms with Crippen LogP contribution in [0, 0.1) is 0 Å².